The third-order valence-corrected chi connectivity index (χ3v) is 4.28. The van der Waals surface area contributed by atoms with Crippen molar-refractivity contribution in [2.24, 2.45) is 10.9 Å². The van der Waals surface area contributed by atoms with Crippen LogP contribution in [0.5, 0.6) is 11.5 Å². The summed E-state index contributed by atoms with van der Waals surface area (Å²) >= 11 is 3.29. The van der Waals surface area contributed by atoms with Gasteiger partial charge in [0.25, 0.3) is 0 Å². The SMILES string of the molecule is Cc1ccc(C(=O)Oc2cc(Br)cc(C=NC(C(=O)O)C(C)C)c2O)cc1. The van der Waals surface area contributed by atoms with Crippen molar-refractivity contribution in [2.75, 3.05) is 0 Å². The Kier molecular flexibility index (Phi) is 6.74. The Morgan fingerprint density at radius 1 is 1.19 bits per heavy atom. The van der Waals surface area contributed by atoms with Crippen LogP contribution >= 0.6 is 15.9 Å². The fraction of sp³-hybridized carbons (Fsp3) is 0.250. The van der Waals surface area contributed by atoms with Gasteiger partial charge in [-0.3, -0.25) is 4.99 Å². The van der Waals surface area contributed by atoms with E-state index in [1.165, 1.54) is 12.3 Å². The average molecular weight is 434 g/mol. The first kappa shape index (κ1) is 20.6. The zero-order valence-corrected chi connectivity index (χ0v) is 16.7. The van der Waals surface area contributed by atoms with E-state index in [0.29, 0.717) is 10.0 Å². The van der Waals surface area contributed by atoms with Crippen molar-refractivity contribution < 1.29 is 24.5 Å². The molecule has 0 amide bonds. The number of aryl methyl sites for hydroxylation is 1. The quantitative estimate of drug-likeness (QED) is 0.404. The largest absolute Gasteiger partial charge is 0.504 e. The number of hydrogen-bond acceptors (Lipinski definition) is 5. The molecule has 0 spiro atoms. The number of carbonyl (C=O) groups is 2. The smallest absolute Gasteiger partial charge is 0.343 e. The van der Waals surface area contributed by atoms with Crippen LogP contribution in [0.1, 0.15) is 35.3 Å². The Labute approximate surface area is 165 Å². The number of carboxylic acids is 1. The molecule has 2 N–H and O–H groups in total. The fourth-order valence-corrected chi connectivity index (χ4v) is 2.76. The van der Waals surface area contributed by atoms with Crippen LogP contribution in [0.4, 0.5) is 0 Å². The number of aromatic hydroxyl groups is 1. The molecule has 0 aliphatic heterocycles. The molecule has 2 rings (SSSR count). The normalized spacial score (nSPS) is 12.3. The minimum Gasteiger partial charge on any atom is -0.504 e. The molecule has 0 aromatic heterocycles. The van der Waals surface area contributed by atoms with Gasteiger partial charge >= 0.3 is 11.9 Å². The summed E-state index contributed by atoms with van der Waals surface area (Å²) in [6, 6.07) is 8.91. The summed E-state index contributed by atoms with van der Waals surface area (Å²) in [6.45, 7) is 5.39. The molecule has 0 fully saturated rings. The lowest BCUT2D eigenvalue weighted by atomic mass is 10.1. The summed E-state index contributed by atoms with van der Waals surface area (Å²) in [5, 5.41) is 19.6. The monoisotopic (exact) mass is 433 g/mol. The van der Waals surface area contributed by atoms with E-state index in [0.717, 1.165) is 5.56 Å². The maximum absolute atomic E-state index is 12.3. The number of hydrogen-bond donors (Lipinski definition) is 2. The van der Waals surface area contributed by atoms with Crippen LogP contribution in [0, 0.1) is 12.8 Å². The molecule has 2 aromatic carbocycles. The van der Waals surface area contributed by atoms with Gasteiger partial charge in [0, 0.05) is 16.3 Å². The standard InChI is InChI=1S/C20H20BrNO5/c1-11(2)17(19(24)25)22-10-14-8-15(21)9-16(18(14)23)27-20(26)13-6-4-12(3)5-7-13/h4-11,17,23H,1-3H3,(H,24,25). The third-order valence-electron chi connectivity index (χ3n) is 3.82. The van der Waals surface area contributed by atoms with Crippen LogP contribution in [0.25, 0.3) is 0 Å². The Balaban J connectivity index is 2.30. The van der Waals surface area contributed by atoms with Gasteiger partial charge in [-0.2, -0.15) is 0 Å². The molecule has 0 heterocycles. The van der Waals surface area contributed by atoms with Crippen LogP contribution < -0.4 is 4.74 Å². The van der Waals surface area contributed by atoms with Crippen LogP contribution in [0.15, 0.2) is 45.9 Å². The molecule has 0 bridgehead atoms. The number of nitrogens with zero attached hydrogens (tertiary/aromatic N) is 1. The summed E-state index contributed by atoms with van der Waals surface area (Å²) in [5.41, 5.74) is 1.59. The molecule has 0 saturated carbocycles. The van der Waals surface area contributed by atoms with Crippen molar-refractivity contribution in [2.45, 2.75) is 26.8 Å². The van der Waals surface area contributed by atoms with Crippen molar-refractivity contribution in [3.63, 3.8) is 0 Å². The molecule has 1 unspecified atom stereocenters. The number of aliphatic imine (C=N–C) groups is 1. The zero-order valence-electron chi connectivity index (χ0n) is 15.1. The Hall–Kier alpha value is -2.67. The van der Waals surface area contributed by atoms with E-state index in [2.05, 4.69) is 20.9 Å². The summed E-state index contributed by atoms with van der Waals surface area (Å²) in [5.74, 6) is -2.23. The number of carboxylic acid groups (broad SMARTS) is 1. The summed E-state index contributed by atoms with van der Waals surface area (Å²) < 4.78 is 5.84. The second kappa shape index (κ2) is 8.81. The van der Waals surface area contributed by atoms with Gasteiger partial charge in [0.1, 0.15) is 6.04 Å². The van der Waals surface area contributed by atoms with Crippen molar-refractivity contribution in [1.29, 1.82) is 0 Å². The van der Waals surface area contributed by atoms with E-state index in [1.54, 1.807) is 44.2 Å². The van der Waals surface area contributed by atoms with E-state index in [4.69, 9.17) is 4.74 Å². The first-order valence-electron chi connectivity index (χ1n) is 8.26. The molecule has 142 valence electrons. The van der Waals surface area contributed by atoms with Gasteiger partial charge in [-0.05, 0) is 37.1 Å². The highest BCUT2D eigenvalue weighted by Crippen LogP contribution is 2.33. The van der Waals surface area contributed by atoms with Crippen molar-refractivity contribution in [1.82, 2.24) is 0 Å². The minimum absolute atomic E-state index is 0.0483. The number of esters is 1. The van der Waals surface area contributed by atoms with E-state index < -0.39 is 18.0 Å². The van der Waals surface area contributed by atoms with Crippen molar-refractivity contribution in [3.8, 4) is 11.5 Å². The van der Waals surface area contributed by atoms with E-state index in [1.807, 2.05) is 6.92 Å². The highest BCUT2D eigenvalue weighted by Gasteiger charge is 2.20. The molecule has 0 aliphatic rings. The molecular weight excluding hydrogens is 414 g/mol. The molecule has 6 nitrogen and oxygen atoms in total. The second-order valence-corrected chi connectivity index (χ2v) is 7.32. The molecular formula is C20H20BrNO5. The van der Waals surface area contributed by atoms with Crippen molar-refractivity contribution in [3.05, 3.63) is 57.6 Å². The maximum Gasteiger partial charge on any atom is 0.343 e. The lowest BCUT2D eigenvalue weighted by Gasteiger charge is -2.12. The molecule has 1 atom stereocenters. The molecule has 7 heteroatoms. The third kappa shape index (κ3) is 5.40. The number of phenolic OH excluding ortho intramolecular Hbond substituents is 1. The molecule has 2 aromatic rings. The molecule has 27 heavy (non-hydrogen) atoms. The number of ether oxygens (including phenoxy) is 1. The highest BCUT2D eigenvalue weighted by atomic mass is 79.9. The minimum atomic E-state index is -1.05. The van der Waals surface area contributed by atoms with Crippen LogP contribution in [0.2, 0.25) is 0 Å². The maximum atomic E-state index is 12.3. The van der Waals surface area contributed by atoms with E-state index in [9.17, 15) is 19.8 Å². The van der Waals surface area contributed by atoms with Crippen LogP contribution in [-0.4, -0.2) is 34.4 Å². The van der Waals surface area contributed by atoms with Gasteiger partial charge in [-0.1, -0.05) is 47.5 Å². The Morgan fingerprint density at radius 3 is 2.37 bits per heavy atom. The Morgan fingerprint density at radius 2 is 1.81 bits per heavy atom. The summed E-state index contributed by atoms with van der Waals surface area (Å²) in [4.78, 5) is 27.6. The van der Waals surface area contributed by atoms with E-state index >= 15 is 0 Å². The number of carbonyl (C=O) groups excluding carboxylic acids is 1. The van der Waals surface area contributed by atoms with Crippen LogP contribution in [0.3, 0.4) is 0 Å². The number of phenols is 1. The van der Waals surface area contributed by atoms with Gasteiger partial charge in [0.05, 0.1) is 5.56 Å². The van der Waals surface area contributed by atoms with Gasteiger partial charge in [0.15, 0.2) is 11.5 Å². The Bertz CT molecular complexity index is 875. The number of benzene rings is 2. The topological polar surface area (TPSA) is 96.2 Å². The lowest BCUT2D eigenvalue weighted by Crippen LogP contribution is -2.24. The predicted molar refractivity (Wildman–Crippen MR) is 106 cm³/mol. The van der Waals surface area contributed by atoms with Crippen LogP contribution in [-0.2, 0) is 4.79 Å². The first-order chi connectivity index (χ1) is 12.7. The van der Waals surface area contributed by atoms with Gasteiger partial charge in [0.2, 0.25) is 0 Å². The predicted octanol–water partition coefficient (Wildman–Crippen LogP) is 4.21. The van der Waals surface area contributed by atoms with E-state index in [-0.39, 0.29) is 23.0 Å². The molecule has 0 radical (unpaired) electrons. The first-order valence-corrected chi connectivity index (χ1v) is 9.05. The average Bonchev–Trinajstić information content (AvgIpc) is 2.58. The number of halogens is 1. The molecule has 0 aliphatic carbocycles. The fourth-order valence-electron chi connectivity index (χ4n) is 2.30. The summed E-state index contributed by atoms with van der Waals surface area (Å²) in [6.07, 6.45) is 1.27. The summed E-state index contributed by atoms with van der Waals surface area (Å²) in [7, 11) is 0. The van der Waals surface area contributed by atoms with Gasteiger partial charge in [-0.15, -0.1) is 0 Å². The van der Waals surface area contributed by atoms with Gasteiger partial charge in [-0.25, -0.2) is 9.59 Å². The number of rotatable bonds is 6. The lowest BCUT2D eigenvalue weighted by molar-refractivity contribution is -0.139. The zero-order chi connectivity index (χ0) is 20.1. The second-order valence-electron chi connectivity index (χ2n) is 6.40. The number of aliphatic carboxylic acids is 1. The van der Waals surface area contributed by atoms with Crippen molar-refractivity contribution >= 4 is 34.1 Å². The van der Waals surface area contributed by atoms with Gasteiger partial charge < -0.3 is 14.9 Å². The highest BCUT2D eigenvalue weighted by molar-refractivity contribution is 9.10. The molecule has 0 saturated heterocycles.